The van der Waals surface area contributed by atoms with Gasteiger partial charge in [0.15, 0.2) is 5.65 Å². The standard InChI is InChI=1S/C19H13F4N3S/c1-10-3-8-16(27-10)15-9-14(19(21,22)23)17-11(2)25-26(18(17)24-15)13-6-4-12(20)5-7-13/h3-9H,1-2H3. The Hall–Kier alpha value is -2.74. The van der Waals surface area contributed by atoms with Crippen molar-refractivity contribution in [1.82, 2.24) is 14.8 Å². The van der Waals surface area contributed by atoms with Crippen LogP contribution < -0.4 is 0 Å². The van der Waals surface area contributed by atoms with Gasteiger partial charge < -0.3 is 0 Å². The van der Waals surface area contributed by atoms with Gasteiger partial charge in [-0.2, -0.15) is 18.3 Å². The van der Waals surface area contributed by atoms with Gasteiger partial charge in [-0.25, -0.2) is 14.1 Å². The molecule has 0 aliphatic heterocycles. The van der Waals surface area contributed by atoms with Crippen molar-refractivity contribution in [3.8, 4) is 16.3 Å². The van der Waals surface area contributed by atoms with Crippen molar-refractivity contribution in [1.29, 1.82) is 0 Å². The van der Waals surface area contributed by atoms with Crippen LogP contribution >= 0.6 is 11.3 Å². The molecule has 3 heterocycles. The van der Waals surface area contributed by atoms with E-state index < -0.39 is 17.6 Å². The minimum absolute atomic E-state index is 0.0520. The van der Waals surface area contributed by atoms with Crippen molar-refractivity contribution in [3.05, 3.63) is 64.4 Å². The van der Waals surface area contributed by atoms with Gasteiger partial charge in [-0.05, 0) is 56.3 Å². The normalized spacial score (nSPS) is 12.1. The van der Waals surface area contributed by atoms with Gasteiger partial charge in [0.25, 0.3) is 0 Å². The summed E-state index contributed by atoms with van der Waals surface area (Å²) in [6, 6.07) is 10.0. The van der Waals surface area contributed by atoms with Crippen LogP contribution in [0.1, 0.15) is 16.1 Å². The monoisotopic (exact) mass is 391 g/mol. The van der Waals surface area contributed by atoms with Gasteiger partial charge >= 0.3 is 6.18 Å². The van der Waals surface area contributed by atoms with Crippen molar-refractivity contribution < 1.29 is 17.6 Å². The van der Waals surface area contributed by atoms with E-state index in [0.717, 1.165) is 10.9 Å². The summed E-state index contributed by atoms with van der Waals surface area (Å²) in [7, 11) is 0. The summed E-state index contributed by atoms with van der Waals surface area (Å²) in [4.78, 5) is 6.09. The van der Waals surface area contributed by atoms with Gasteiger partial charge in [-0.15, -0.1) is 11.3 Å². The Balaban J connectivity index is 2.05. The van der Waals surface area contributed by atoms with Gasteiger partial charge in [0.1, 0.15) is 5.82 Å². The second kappa shape index (κ2) is 6.16. The lowest BCUT2D eigenvalue weighted by atomic mass is 10.1. The summed E-state index contributed by atoms with van der Waals surface area (Å²) in [5, 5.41) is 4.19. The van der Waals surface area contributed by atoms with E-state index in [0.29, 0.717) is 10.6 Å². The highest BCUT2D eigenvalue weighted by Gasteiger charge is 2.36. The largest absolute Gasteiger partial charge is 0.417 e. The number of aromatic nitrogens is 3. The molecule has 0 N–H and O–H groups in total. The Labute approximate surface area is 155 Å². The van der Waals surface area contributed by atoms with Crippen molar-refractivity contribution in [3.63, 3.8) is 0 Å². The van der Waals surface area contributed by atoms with Crippen molar-refractivity contribution in [2.24, 2.45) is 0 Å². The van der Waals surface area contributed by atoms with Crippen LogP contribution in [-0.4, -0.2) is 14.8 Å². The van der Waals surface area contributed by atoms with Gasteiger partial charge in [0, 0.05) is 4.88 Å². The number of alkyl halides is 3. The summed E-state index contributed by atoms with van der Waals surface area (Å²) in [6.07, 6.45) is -4.55. The fourth-order valence-electron chi connectivity index (χ4n) is 2.97. The van der Waals surface area contributed by atoms with E-state index in [1.807, 2.05) is 13.0 Å². The SMILES string of the molecule is Cc1ccc(-c2cc(C(F)(F)F)c3c(C)nn(-c4ccc(F)cc4)c3n2)s1. The predicted molar refractivity (Wildman–Crippen MR) is 96.6 cm³/mol. The molecule has 138 valence electrons. The summed E-state index contributed by atoms with van der Waals surface area (Å²) in [5.41, 5.74) is 0.197. The lowest BCUT2D eigenvalue weighted by molar-refractivity contribution is -0.136. The van der Waals surface area contributed by atoms with E-state index >= 15 is 0 Å². The molecule has 0 saturated heterocycles. The first-order valence-electron chi connectivity index (χ1n) is 8.04. The molecule has 0 saturated carbocycles. The quantitative estimate of drug-likeness (QED) is 0.397. The first-order chi connectivity index (χ1) is 12.7. The number of hydrogen-bond acceptors (Lipinski definition) is 3. The molecule has 0 amide bonds. The first-order valence-corrected chi connectivity index (χ1v) is 8.86. The Morgan fingerprint density at radius 3 is 2.30 bits per heavy atom. The van der Waals surface area contributed by atoms with Crippen LogP contribution in [0.2, 0.25) is 0 Å². The zero-order valence-corrected chi connectivity index (χ0v) is 15.1. The van der Waals surface area contributed by atoms with E-state index in [9.17, 15) is 17.6 Å². The molecule has 3 nitrogen and oxygen atoms in total. The number of benzene rings is 1. The van der Waals surface area contributed by atoms with E-state index in [1.54, 1.807) is 6.07 Å². The number of rotatable bonds is 2. The van der Waals surface area contributed by atoms with E-state index in [4.69, 9.17) is 0 Å². The fraction of sp³-hybridized carbons (Fsp3) is 0.158. The molecule has 4 rings (SSSR count). The van der Waals surface area contributed by atoms with Crippen LogP contribution in [0.4, 0.5) is 17.6 Å². The van der Waals surface area contributed by atoms with Crippen molar-refractivity contribution in [2.45, 2.75) is 20.0 Å². The van der Waals surface area contributed by atoms with Crippen LogP contribution in [0.3, 0.4) is 0 Å². The van der Waals surface area contributed by atoms with Crippen LogP contribution in [0.25, 0.3) is 27.3 Å². The molecule has 4 aromatic rings. The molecule has 0 aliphatic rings. The third-order valence-corrected chi connectivity index (χ3v) is 5.21. The average molecular weight is 391 g/mol. The Morgan fingerprint density at radius 1 is 1.00 bits per heavy atom. The van der Waals surface area contributed by atoms with Gasteiger partial charge in [0.2, 0.25) is 0 Å². The molecule has 0 spiro atoms. The molecule has 0 unspecified atom stereocenters. The minimum Gasteiger partial charge on any atom is -0.227 e. The second-order valence-electron chi connectivity index (χ2n) is 6.14. The number of nitrogens with zero attached hydrogens (tertiary/aromatic N) is 3. The number of halogens is 4. The number of thiophene rings is 1. The van der Waals surface area contributed by atoms with Crippen LogP contribution in [0.5, 0.6) is 0 Å². The third kappa shape index (κ3) is 3.10. The summed E-state index contributed by atoms with van der Waals surface area (Å²) >= 11 is 1.37. The molecule has 1 aromatic carbocycles. The number of aryl methyl sites for hydroxylation is 2. The smallest absolute Gasteiger partial charge is 0.227 e. The van der Waals surface area contributed by atoms with E-state index in [-0.39, 0.29) is 22.4 Å². The highest BCUT2D eigenvalue weighted by atomic mass is 32.1. The highest BCUT2D eigenvalue weighted by Crippen LogP contribution is 2.39. The Morgan fingerprint density at radius 2 is 1.70 bits per heavy atom. The fourth-order valence-corrected chi connectivity index (χ4v) is 3.80. The van der Waals surface area contributed by atoms with Gasteiger partial charge in [-0.1, -0.05) is 0 Å². The lowest BCUT2D eigenvalue weighted by Gasteiger charge is -2.11. The maximum absolute atomic E-state index is 13.8. The van der Waals surface area contributed by atoms with Crippen molar-refractivity contribution in [2.75, 3.05) is 0 Å². The zero-order chi connectivity index (χ0) is 19.3. The summed E-state index contributed by atoms with van der Waals surface area (Å²) in [5.74, 6) is -0.439. The Bertz CT molecular complexity index is 1140. The summed E-state index contributed by atoms with van der Waals surface area (Å²) < 4.78 is 55.8. The molecular weight excluding hydrogens is 378 g/mol. The van der Waals surface area contributed by atoms with Gasteiger partial charge in [-0.3, -0.25) is 0 Å². The third-order valence-electron chi connectivity index (χ3n) is 4.18. The maximum atomic E-state index is 13.8. The molecule has 0 fully saturated rings. The highest BCUT2D eigenvalue weighted by molar-refractivity contribution is 7.15. The average Bonchev–Trinajstić information content (AvgIpc) is 3.18. The molecule has 0 atom stereocenters. The zero-order valence-electron chi connectivity index (χ0n) is 14.3. The number of hydrogen-bond donors (Lipinski definition) is 0. The molecule has 0 aliphatic carbocycles. The predicted octanol–water partition coefficient (Wildman–Crippen LogP) is 5.92. The summed E-state index contributed by atoms with van der Waals surface area (Å²) in [6.45, 7) is 3.39. The molecule has 0 radical (unpaired) electrons. The lowest BCUT2D eigenvalue weighted by Crippen LogP contribution is -2.07. The molecule has 0 bridgehead atoms. The first kappa shape index (κ1) is 17.7. The molecule has 3 aromatic heterocycles. The van der Waals surface area contributed by atoms with Crippen LogP contribution in [0.15, 0.2) is 42.5 Å². The van der Waals surface area contributed by atoms with E-state index in [1.165, 1.54) is 47.2 Å². The van der Waals surface area contributed by atoms with Crippen LogP contribution in [0, 0.1) is 19.7 Å². The molecular formula is C19H13F4N3S. The van der Waals surface area contributed by atoms with Crippen molar-refractivity contribution >= 4 is 22.4 Å². The van der Waals surface area contributed by atoms with Crippen LogP contribution in [-0.2, 0) is 6.18 Å². The number of fused-ring (bicyclic) bond motifs is 1. The maximum Gasteiger partial charge on any atom is 0.417 e. The molecule has 8 heteroatoms. The number of pyridine rings is 1. The van der Waals surface area contributed by atoms with Gasteiger partial charge in [0.05, 0.1) is 32.9 Å². The topological polar surface area (TPSA) is 30.7 Å². The minimum atomic E-state index is -4.55. The molecule has 27 heavy (non-hydrogen) atoms. The Kier molecular flexibility index (Phi) is 4.03. The van der Waals surface area contributed by atoms with E-state index in [2.05, 4.69) is 10.1 Å². The second-order valence-corrected chi connectivity index (χ2v) is 7.42.